The molecular formula is C13H19N5. The van der Waals surface area contributed by atoms with Crippen molar-refractivity contribution < 1.29 is 0 Å². The zero-order valence-corrected chi connectivity index (χ0v) is 10.8. The summed E-state index contributed by atoms with van der Waals surface area (Å²) in [5.74, 6) is 5.67. The van der Waals surface area contributed by atoms with Crippen LogP contribution in [0.5, 0.6) is 0 Å². The van der Waals surface area contributed by atoms with E-state index < -0.39 is 0 Å². The van der Waals surface area contributed by atoms with Gasteiger partial charge in [0.15, 0.2) is 0 Å². The molecule has 0 radical (unpaired) electrons. The van der Waals surface area contributed by atoms with Crippen molar-refractivity contribution in [2.75, 3.05) is 0 Å². The van der Waals surface area contributed by atoms with Crippen molar-refractivity contribution in [3.63, 3.8) is 0 Å². The van der Waals surface area contributed by atoms with Gasteiger partial charge in [-0.05, 0) is 36.6 Å². The number of aryl methyl sites for hydroxylation is 2. The summed E-state index contributed by atoms with van der Waals surface area (Å²) < 4.78 is 1.89. The SMILES string of the molecule is CCc1cc(C(Cc2ccncc2)NN)n(C)n1. The molecule has 0 aliphatic carbocycles. The Morgan fingerprint density at radius 1 is 1.39 bits per heavy atom. The first kappa shape index (κ1) is 12.7. The summed E-state index contributed by atoms with van der Waals surface area (Å²) in [7, 11) is 1.95. The molecule has 0 fully saturated rings. The lowest BCUT2D eigenvalue weighted by Crippen LogP contribution is -2.31. The van der Waals surface area contributed by atoms with Crippen molar-refractivity contribution in [3.05, 3.63) is 47.5 Å². The van der Waals surface area contributed by atoms with Crippen LogP contribution in [0.4, 0.5) is 0 Å². The van der Waals surface area contributed by atoms with Gasteiger partial charge >= 0.3 is 0 Å². The van der Waals surface area contributed by atoms with Gasteiger partial charge in [0, 0.05) is 19.4 Å². The van der Waals surface area contributed by atoms with Gasteiger partial charge in [-0.1, -0.05) is 6.92 Å². The highest BCUT2D eigenvalue weighted by molar-refractivity contribution is 5.19. The maximum absolute atomic E-state index is 5.67. The van der Waals surface area contributed by atoms with E-state index in [1.165, 1.54) is 5.56 Å². The zero-order valence-electron chi connectivity index (χ0n) is 10.8. The molecule has 0 saturated heterocycles. The molecule has 5 heteroatoms. The Bertz CT molecular complexity index is 491. The van der Waals surface area contributed by atoms with E-state index >= 15 is 0 Å². The molecule has 1 atom stereocenters. The van der Waals surface area contributed by atoms with Crippen molar-refractivity contribution in [3.8, 4) is 0 Å². The van der Waals surface area contributed by atoms with Crippen molar-refractivity contribution in [2.24, 2.45) is 12.9 Å². The molecule has 2 aromatic rings. The monoisotopic (exact) mass is 245 g/mol. The molecule has 0 bridgehead atoms. The fourth-order valence-electron chi connectivity index (χ4n) is 2.05. The molecule has 1 unspecified atom stereocenters. The smallest absolute Gasteiger partial charge is 0.0669 e. The number of hydrogen-bond donors (Lipinski definition) is 2. The lowest BCUT2D eigenvalue weighted by molar-refractivity contribution is 0.508. The number of hydrogen-bond acceptors (Lipinski definition) is 4. The van der Waals surface area contributed by atoms with Crippen molar-refractivity contribution >= 4 is 0 Å². The predicted molar refractivity (Wildman–Crippen MR) is 70.6 cm³/mol. The Morgan fingerprint density at radius 3 is 2.67 bits per heavy atom. The molecular weight excluding hydrogens is 226 g/mol. The highest BCUT2D eigenvalue weighted by Crippen LogP contribution is 2.18. The molecule has 2 heterocycles. The standard InChI is InChI=1S/C13H19N5/c1-3-11-9-13(18(2)17-11)12(16-14)8-10-4-6-15-7-5-10/h4-7,9,12,16H,3,8,14H2,1-2H3. The van der Waals surface area contributed by atoms with Crippen LogP contribution in [-0.2, 0) is 19.9 Å². The van der Waals surface area contributed by atoms with Gasteiger partial charge in [-0.3, -0.25) is 20.9 Å². The number of nitrogens with zero attached hydrogens (tertiary/aromatic N) is 3. The summed E-state index contributed by atoms with van der Waals surface area (Å²) in [6, 6.07) is 6.17. The number of rotatable bonds is 5. The van der Waals surface area contributed by atoms with Gasteiger partial charge in [0.05, 0.1) is 17.4 Å². The topological polar surface area (TPSA) is 68.8 Å². The number of nitrogens with one attached hydrogen (secondary N) is 1. The molecule has 0 spiro atoms. The summed E-state index contributed by atoms with van der Waals surface area (Å²) in [5, 5.41) is 4.45. The van der Waals surface area contributed by atoms with Crippen molar-refractivity contribution in [1.82, 2.24) is 20.2 Å². The van der Waals surface area contributed by atoms with Crippen LogP contribution in [0, 0.1) is 0 Å². The first-order valence-corrected chi connectivity index (χ1v) is 6.12. The van der Waals surface area contributed by atoms with Crippen LogP contribution in [0.1, 0.15) is 29.9 Å². The molecule has 2 aromatic heterocycles. The second-order valence-corrected chi connectivity index (χ2v) is 4.32. The molecule has 0 aliphatic rings. The summed E-state index contributed by atoms with van der Waals surface area (Å²) in [5.41, 5.74) is 6.25. The number of hydrazine groups is 1. The summed E-state index contributed by atoms with van der Waals surface area (Å²) >= 11 is 0. The maximum Gasteiger partial charge on any atom is 0.0669 e. The summed E-state index contributed by atoms with van der Waals surface area (Å²) in [6.07, 6.45) is 5.34. The fraction of sp³-hybridized carbons (Fsp3) is 0.385. The van der Waals surface area contributed by atoms with Gasteiger partial charge in [0.1, 0.15) is 0 Å². The second kappa shape index (κ2) is 5.75. The first-order valence-electron chi connectivity index (χ1n) is 6.12. The number of nitrogens with two attached hydrogens (primary N) is 1. The zero-order chi connectivity index (χ0) is 13.0. The van der Waals surface area contributed by atoms with Gasteiger partial charge in [-0.25, -0.2) is 0 Å². The van der Waals surface area contributed by atoms with Gasteiger partial charge in [-0.15, -0.1) is 0 Å². The average Bonchev–Trinajstić information content (AvgIpc) is 2.78. The van der Waals surface area contributed by atoms with Crippen LogP contribution in [0.15, 0.2) is 30.6 Å². The fourth-order valence-corrected chi connectivity index (χ4v) is 2.05. The minimum Gasteiger partial charge on any atom is -0.271 e. The van der Waals surface area contributed by atoms with E-state index in [1.807, 2.05) is 23.9 Å². The Hall–Kier alpha value is -1.72. The lowest BCUT2D eigenvalue weighted by atomic mass is 10.0. The van der Waals surface area contributed by atoms with E-state index in [-0.39, 0.29) is 6.04 Å². The van der Waals surface area contributed by atoms with E-state index in [0.717, 1.165) is 24.2 Å². The molecule has 2 rings (SSSR count). The van der Waals surface area contributed by atoms with E-state index in [2.05, 4.69) is 28.5 Å². The second-order valence-electron chi connectivity index (χ2n) is 4.32. The summed E-state index contributed by atoms with van der Waals surface area (Å²) in [4.78, 5) is 4.02. The van der Waals surface area contributed by atoms with Gasteiger partial charge in [-0.2, -0.15) is 5.10 Å². The van der Waals surface area contributed by atoms with E-state index in [9.17, 15) is 0 Å². The first-order chi connectivity index (χ1) is 8.74. The minimum atomic E-state index is 0.0604. The normalized spacial score (nSPS) is 12.6. The molecule has 0 aromatic carbocycles. The van der Waals surface area contributed by atoms with Gasteiger partial charge in [0.25, 0.3) is 0 Å². The van der Waals surface area contributed by atoms with Crippen molar-refractivity contribution in [1.29, 1.82) is 0 Å². The third-order valence-electron chi connectivity index (χ3n) is 3.08. The van der Waals surface area contributed by atoms with E-state index in [0.29, 0.717) is 0 Å². The largest absolute Gasteiger partial charge is 0.271 e. The third kappa shape index (κ3) is 2.75. The molecule has 18 heavy (non-hydrogen) atoms. The maximum atomic E-state index is 5.67. The lowest BCUT2D eigenvalue weighted by Gasteiger charge is -2.16. The Morgan fingerprint density at radius 2 is 2.11 bits per heavy atom. The van der Waals surface area contributed by atoms with E-state index in [4.69, 9.17) is 5.84 Å². The molecule has 96 valence electrons. The van der Waals surface area contributed by atoms with Crippen molar-refractivity contribution in [2.45, 2.75) is 25.8 Å². The van der Waals surface area contributed by atoms with Crippen LogP contribution in [0.3, 0.4) is 0 Å². The highest BCUT2D eigenvalue weighted by Gasteiger charge is 2.15. The molecule has 0 aliphatic heterocycles. The summed E-state index contributed by atoms with van der Waals surface area (Å²) in [6.45, 7) is 2.10. The average molecular weight is 245 g/mol. The number of aromatic nitrogens is 3. The Balaban J connectivity index is 2.20. The highest BCUT2D eigenvalue weighted by atomic mass is 15.3. The molecule has 5 nitrogen and oxygen atoms in total. The van der Waals surface area contributed by atoms with Crippen LogP contribution in [0.2, 0.25) is 0 Å². The van der Waals surface area contributed by atoms with Crippen LogP contribution >= 0.6 is 0 Å². The Kier molecular flexibility index (Phi) is 4.07. The van der Waals surface area contributed by atoms with Gasteiger partial charge < -0.3 is 0 Å². The van der Waals surface area contributed by atoms with E-state index in [1.54, 1.807) is 12.4 Å². The molecule has 0 amide bonds. The molecule has 0 saturated carbocycles. The third-order valence-corrected chi connectivity index (χ3v) is 3.08. The number of pyridine rings is 1. The van der Waals surface area contributed by atoms with Crippen LogP contribution < -0.4 is 11.3 Å². The van der Waals surface area contributed by atoms with Gasteiger partial charge in [0.2, 0.25) is 0 Å². The minimum absolute atomic E-state index is 0.0604. The molecule has 3 N–H and O–H groups in total. The quantitative estimate of drug-likeness (QED) is 0.612. The Labute approximate surface area is 107 Å². The predicted octanol–water partition coefficient (Wildman–Crippen LogP) is 1.12. The van der Waals surface area contributed by atoms with Crippen LogP contribution in [-0.4, -0.2) is 14.8 Å². The van der Waals surface area contributed by atoms with Crippen LogP contribution in [0.25, 0.3) is 0 Å².